The molecular formula is C22H32N2O4. The number of nitrogens with zero attached hydrogens (tertiary/aromatic N) is 1. The minimum Gasteiger partial charge on any atom is -0.457 e. The van der Waals surface area contributed by atoms with E-state index in [-0.39, 0.29) is 46.6 Å². The van der Waals surface area contributed by atoms with Crippen LogP contribution in [0.3, 0.4) is 0 Å². The quantitative estimate of drug-likeness (QED) is 0.585. The van der Waals surface area contributed by atoms with E-state index in [9.17, 15) is 9.59 Å². The lowest BCUT2D eigenvalue weighted by Crippen LogP contribution is -2.50. The Bertz CT molecular complexity index is 732. The summed E-state index contributed by atoms with van der Waals surface area (Å²) < 4.78 is 12.0. The number of ether oxygens (including phenoxy) is 2. The van der Waals surface area contributed by atoms with Gasteiger partial charge in [0, 0.05) is 29.7 Å². The lowest BCUT2D eigenvalue weighted by atomic mass is 9.55. The van der Waals surface area contributed by atoms with Crippen molar-refractivity contribution in [2.75, 3.05) is 20.1 Å². The van der Waals surface area contributed by atoms with Crippen LogP contribution in [-0.4, -0.2) is 61.1 Å². The van der Waals surface area contributed by atoms with E-state index < -0.39 is 12.1 Å². The zero-order valence-corrected chi connectivity index (χ0v) is 17.3. The number of hydrogen-bond donors (Lipinski definition) is 1. The van der Waals surface area contributed by atoms with Crippen molar-refractivity contribution in [1.29, 1.82) is 0 Å². The Labute approximate surface area is 167 Å². The molecule has 0 aromatic rings. The van der Waals surface area contributed by atoms with E-state index >= 15 is 0 Å². The minimum absolute atomic E-state index is 0.0267. The summed E-state index contributed by atoms with van der Waals surface area (Å²) in [5, 5.41) is 0. The lowest BCUT2D eigenvalue weighted by molar-refractivity contribution is -0.152. The first-order valence-electron chi connectivity index (χ1n) is 10.4. The van der Waals surface area contributed by atoms with Gasteiger partial charge in [0.2, 0.25) is 0 Å². The van der Waals surface area contributed by atoms with Gasteiger partial charge in [-0.2, -0.15) is 0 Å². The fraction of sp³-hybridized carbons (Fsp3) is 0.727. The van der Waals surface area contributed by atoms with Crippen LogP contribution in [0.25, 0.3) is 0 Å². The number of hydrogen-bond acceptors (Lipinski definition) is 6. The summed E-state index contributed by atoms with van der Waals surface area (Å²) in [5.74, 6) is -0.180. The second-order valence-electron chi connectivity index (χ2n) is 9.70. The Kier molecular flexibility index (Phi) is 4.80. The minimum atomic E-state index is -0.628. The molecule has 6 heteroatoms. The van der Waals surface area contributed by atoms with Crippen LogP contribution in [0, 0.1) is 22.7 Å². The highest BCUT2D eigenvalue weighted by Gasteiger charge is 2.64. The molecule has 2 fully saturated rings. The highest BCUT2D eigenvalue weighted by atomic mass is 16.6. The molecule has 0 saturated carbocycles. The van der Waals surface area contributed by atoms with E-state index in [4.69, 9.17) is 15.2 Å². The predicted octanol–water partition coefficient (Wildman–Crippen LogP) is 1.69. The van der Waals surface area contributed by atoms with Crippen LogP contribution in [0.2, 0.25) is 0 Å². The largest absolute Gasteiger partial charge is 0.457 e. The molecule has 0 radical (unpaired) electrons. The average Bonchev–Trinajstić information content (AvgIpc) is 2.93. The molecule has 2 N–H and O–H groups in total. The number of esters is 1. The molecule has 2 aliphatic heterocycles. The zero-order valence-electron chi connectivity index (χ0n) is 17.3. The summed E-state index contributed by atoms with van der Waals surface area (Å²) in [6.45, 7) is 7.91. The average molecular weight is 389 g/mol. The van der Waals surface area contributed by atoms with Crippen LogP contribution in [0.1, 0.15) is 33.6 Å². The molecule has 6 nitrogen and oxygen atoms in total. The van der Waals surface area contributed by atoms with Crippen molar-refractivity contribution in [1.82, 2.24) is 4.90 Å². The molecule has 1 spiro atoms. The van der Waals surface area contributed by atoms with Gasteiger partial charge in [0.25, 0.3) is 0 Å². The maximum atomic E-state index is 12.7. The molecular weight excluding hydrogens is 356 g/mol. The van der Waals surface area contributed by atoms with Crippen LogP contribution in [0.5, 0.6) is 0 Å². The maximum Gasteiger partial charge on any atom is 0.323 e. The Morgan fingerprint density at radius 1 is 1.39 bits per heavy atom. The Hall–Kier alpha value is -1.50. The standard InChI is InChI=1S/C22H32N2O4/c1-13(2)17(23)20(26)27-14-5-8-22-9-10-24(4)12-21(3)7-6-15(25)18(19(21)22)28-16(22)11-14/h5-8,13-14,16-19H,9-12,23H2,1-4H3. The van der Waals surface area contributed by atoms with E-state index in [1.54, 1.807) is 6.08 Å². The van der Waals surface area contributed by atoms with Gasteiger partial charge in [0.1, 0.15) is 18.2 Å². The zero-order chi connectivity index (χ0) is 20.3. The maximum absolute atomic E-state index is 12.7. The van der Waals surface area contributed by atoms with Gasteiger partial charge in [0.15, 0.2) is 5.78 Å². The molecule has 0 aromatic carbocycles. The van der Waals surface area contributed by atoms with Gasteiger partial charge in [-0.15, -0.1) is 0 Å². The summed E-state index contributed by atoms with van der Waals surface area (Å²) in [7, 11) is 2.14. The molecule has 0 bridgehead atoms. The third-order valence-electron chi connectivity index (χ3n) is 7.27. The fourth-order valence-electron chi connectivity index (χ4n) is 5.77. The first kappa shape index (κ1) is 19.8. The predicted molar refractivity (Wildman–Crippen MR) is 105 cm³/mol. The highest BCUT2D eigenvalue weighted by Crippen LogP contribution is 2.60. The van der Waals surface area contributed by atoms with Gasteiger partial charge in [-0.3, -0.25) is 9.59 Å². The van der Waals surface area contributed by atoms with Crippen LogP contribution in [0.4, 0.5) is 0 Å². The van der Waals surface area contributed by atoms with Crippen LogP contribution in [0.15, 0.2) is 24.3 Å². The Morgan fingerprint density at radius 2 is 2.14 bits per heavy atom. The number of carbonyl (C=O) groups is 2. The van der Waals surface area contributed by atoms with Gasteiger partial charge in [-0.1, -0.05) is 32.9 Å². The van der Waals surface area contributed by atoms with Gasteiger partial charge in [0.05, 0.1) is 6.10 Å². The van der Waals surface area contributed by atoms with Crippen LogP contribution in [-0.2, 0) is 19.1 Å². The third-order valence-corrected chi connectivity index (χ3v) is 7.27. The van der Waals surface area contributed by atoms with Gasteiger partial charge < -0.3 is 20.1 Å². The molecule has 4 rings (SSSR count). The summed E-state index contributed by atoms with van der Waals surface area (Å²) in [4.78, 5) is 27.3. The molecule has 7 unspecified atom stereocenters. The summed E-state index contributed by atoms with van der Waals surface area (Å²) in [5.41, 5.74) is 5.62. The smallest absolute Gasteiger partial charge is 0.323 e. The van der Waals surface area contributed by atoms with Crippen molar-refractivity contribution in [2.45, 2.75) is 58.0 Å². The van der Waals surface area contributed by atoms with E-state index in [1.807, 2.05) is 19.9 Å². The topological polar surface area (TPSA) is 81.9 Å². The van der Waals surface area contributed by atoms with Crippen molar-refractivity contribution >= 4 is 11.8 Å². The number of rotatable bonds is 3. The molecule has 7 atom stereocenters. The molecule has 0 aromatic heterocycles. The molecule has 2 saturated heterocycles. The number of nitrogens with two attached hydrogens (primary N) is 1. The van der Waals surface area contributed by atoms with Crippen molar-refractivity contribution in [3.63, 3.8) is 0 Å². The van der Waals surface area contributed by atoms with Gasteiger partial charge >= 0.3 is 5.97 Å². The summed E-state index contributed by atoms with van der Waals surface area (Å²) in [6.07, 6.45) is 8.60. The van der Waals surface area contributed by atoms with Crippen LogP contribution >= 0.6 is 0 Å². The van der Waals surface area contributed by atoms with Crippen molar-refractivity contribution < 1.29 is 19.1 Å². The molecule has 28 heavy (non-hydrogen) atoms. The Balaban J connectivity index is 1.63. The van der Waals surface area contributed by atoms with Crippen molar-refractivity contribution in [3.05, 3.63) is 24.3 Å². The normalized spacial score (nSPS) is 43.4. The third kappa shape index (κ3) is 2.97. The molecule has 2 aliphatic carbocycles. The second-order valence-corrected chi connectivity index (χ2v) is 9.70. The van der Waals surface area contributed by atoms with Crippen molar-refractivity contribution in [2.24, 2.45) is 28.4 Å². The van der Waals surface area contributed by atoms with E-state index in [1.165, 1.54) is 0 Å². The lowest BCUT2D eigenvalue weighted by Gasteiger charge is -2.46. The number of likely N-dealkylation sites (tertiary alicyclic amines) is 1. The molecule has 2 heterocycles. The Morgan fingerprint density at radius 3 is 2.86 bits per heavy atom. The molecule has 154 valence electrons. The van der Waals surface area contributed by atoms with Crippen LogP contribution < -0.4 is 5.73 Å². The van der Waals surface area contributed by atoms with Crippen molar-refractivity contribution in [3.8, 4) is 0 Å². The summed E-state index contributed by atoms with van der Waals surface area (Å²) >= 11 is 0. The first-order valence-corrected chi connectivity index (χ1v) is 10.4. The summed E-state index contributed by atoms with van der Waals surface area (Å²) in [6, 6.07) is -0.628. The van der Waals surface area contributed by atoms with Gasteiger partial charge in [-0.05, 0) is 38.1 Å². The molecule has 4 aliphatic rings. The first-order chi connectivity index (χ1) is 13.2. The van der Waals surface area contributed by atoms with E-state index in [0.29, 0.717) is 6.42 Å². The monoisotopic (exact) mass is 388 g/mol. The number of carbonyl (C=O) groups excluding carboxylic acids is 2. The highest BCUT2D eigenvalue weighted by molar-refractivity contribution is 5.95. The van der Waals surface area contributed by atoms with E-state index in [0.717, 1.165) is 19.5 Å². The molecule has 0 amide bonds. The SMILES string of the molecule is CC(C)C(N)C(=O)OC1C=CC23CCN(C)CC4(C)C=CC(=O)C(OC2C1)C43. The van der Waals surface area contributed by atoms with E-state index in [2.05, 4.69) is 31.0 Å². The number of ketones is 1. The fourth-order valence-corrected chi connectivity index (χ4v) is 5.77. The van der Waals surface area contributed by atoms with Gasteiger partial charge in [-0.25, -0.2) is 0 Å². The second kappa shape index (κ2) is 6.78.